The van der Waals surface area contributed by atoms with Crippen molar-refractivity contribution in [3.63, 3.8) is 0 Å². The fourth-order valence-electron chi connectivity index (χ4n) is 0.826. The van der Waals surface area contributed by atoms with E-state index in [0.717, 1.165) is 0 Å². The van der Waals surface area contributed by atoms with Gasteiger partial charge in [-0.05, 0) is 23.8 Å². The summed E-state index contributed by atoms with van der Waals surface area (Å²) >= 11 is 0. The van der Waals surface area contributed by atoms with Gasteiger partial charge in [0, 0.05) is 0 Å². The van der Waals surface area contributed by atoms with Crippen molar-refractivity contribution >= 4 is 12.3 Å². The lowest BCUT2D eigenvalue weighted by Crippen LogP contribution is -2.16. The van der Waals surface area contributed by atoms with Crippen LogP contribution in [-0.2, 0) is 4.74 Å². The van der Waals surface area contributed by atoms with E-state index in [4.69, 9.17) is 10.2 Å². The van der Waals surface area contributed by atoms with E-state index in [1.165, 1.54) is 31.5 Å². The molecule has 1 rings (SSSR count). The number of phenols is 2. The Labute approximate surface area is 85.8 Å². The molecule has 0 saturated heterocycles. The maximum atomic E-state index is 10.6. The fraction of sp³-hybridized carbons (Fsp3) is 0.111. The number of nitrogens with one attached hydrogen (secondary N) is 1. The van der Waals surface area contributed by atoms with Crippen LogP contribution < -0.4 is 5.43 Å². The van der Waals surface area contributed by atoms with Crippen molar-refractivity contribution < 1.29 is 19.7 Å². The molecule has 6 nitrogen and oxygen atoms in total. The molecule has 0 aliphatic rings. The van der Waals surface area contributed by atoms with Crippen LogP contribution in [-0.4, -0.2) is 29.6 Å². The number of phenolic OH excluding ortho intramolecular Hbond substituents is 2. The number of hydrazone groups is 1. The van der Waals surface area contributed by atoms with Gasteiger partial charge in [0.05, 0.1) is 13.3 Å². The van der Waals surface area contributed by atoms with Crippen molar-refractivity contribution in [1.82, 2.24) is 5.43 Å². The van der Waals surface area contributed by atoms with E-state index < -0.39 is 6.09 Å². The van der Waals surface area contributed by atoms with Crippen LogP contribution in [0, 0.1) is 0 Å². The quantitative estimate of drug-likeness (QED) is 0.382. The molecule has 0 fully saturated rings. The molecule has 0 aliphatic carbocycles. The average molecular weight is 210 g/mol. The highest BCUT2D eigenvalue weighted by molar-refractivity contribution is 5.81. The zero-order valence-electron chi connectivity index (χ0n) is 7.97. The summed E-state index contributed by atoms with van der Waals surface area (Å²) in [6, 6.07) is 4.14. The number of amides is 1. The lowest BCUT2D eigenvalue weighted by atomic mass is 10.2. The van der Waals surface area contributed by atoms with E-state index in [1.807, 2.05) is 0 Å². The number of carbonyl (C=O) groups excluding carboxylic acids is 1. The summed E-state index contributed by atoms with van der Waals surface area (Å²) in [5.74, 6) is -0.468. The minimum Gasteiger partial charge on any atom is -0.504 e. The molecule has 0 aromatic heterocycles. The van der Waals surface area contributed by atoms with Gasteiger partial charge in [0.15, 0.2) is 11.5 Å². The molecule has 15 heavy (non-hydrogen) atoms. The Morgan fingerprint density at radius 1 is 1.47 bits per heavy atom. The molecule has 0 atom stereocenters. The second-order valence-corrected chi connectivity index (χ2v) is 2.61. The number of carbonyl (C=O) groups is 1. The first-order chi connectivity index (χ1) is 7.13. The predicted molar refractivity (Wildman–Crippen MR) is 52.9 cm³/mol. The highest BCUT2D eigenvalue weighted by Gasteiger charge is 1.98. The first-order valence-electron chi connectivity index (χ1n) is 4.02. The minimum atomic E-state index is -0.686. The molecule has 0 bridgehead atoms. The molecule has 1 aromatic carbocycles. The van der Waals surface area contributed by atoms with Gasteiger partial charge in [0.2, 0.25) is 0 Å². The van der Waals surface area contributed by atoms with Crippen molar-refractivity contribution in [2.45, 2.75) is 0 Å². The van der Waals surface area contributed by atoms with Crippen LogP contribution in [0.5, 0.6) is 11.5 Å². The number of methoxy groups -OCH3 is 1. The number of hydrogen-bond acceptors (Lipinski definition) is 5. The van der Waals surface area contributed by atoms with Crippen molar-refractivity contribution in [2.24, 2.45) is 5.10 Å². The largest absolute Gasteiger partial charge is 0.504 e. The molecule has 0 spiro atoms. The molecule has 0 heterocycles. The number of rotatable bonds is 2. The topological polar surface area (TPSA) is 91.2 Å². The maximum absolute atomic E-state index is 10.6. The number of aromatic hydroxyl groups is 2. The monoisotopic (exact) mass is 210 g/mol. The average Bonchev–Trinajstić information content (AvgIpc) is 2.23. The highest BCUT2D eigenvalue weighted by Crippen LogP contribution is 2.23. The first-order valence-corrected chi connectivity index (χ1v) is 4.02. The number of nitrogens with zero attached hydrogens (tertiary/aromatic N) is 1. The molecule has 1 amide bonds. The third-order valence-electron chi connectivity index (χ3n) is 1.55. The van der Waals surface area contributed by atoms with Gasteiger partial charge in [0.25, 0.3) is 0 Å². The Kier molecular flexibility index (Phi) is 3.50. The summed E-state index contributed by atoms with van der Waals surface area (Å²) in [4.78, 5) is 10.6. The Morgan fingerprint density at radius 2 is 2.20 bits per heavy atom. The van der Waals surface area contributed by atoms with E-state index in [0.29, 0.717) is 5.56 Å². The summed E-state index contributed by atoms with van der Waals surface area (Å²) in [6.07, 6.45) is 0.616. The lowest BCUT2D eigenvalue weighted by Gasteiger charge is -1.98. The van der Waals surface area contributed by atoms with Crippen molar-refractivity contribution in [3.8, 4) is 11.5 Å². The standard InChI is InChI=1S/C9H10N2O4/c1-15-9(14)11-10-5-6-2-3-7(12)8(13)4-6/h2-5,12-13H,1H3,(H,11,14). The summed E-state index contributed by atoms with van der Waals surface area (Å²) in [5, 5.41) is 21.7. The molecule has 3 N–H and O–H groups in total. The van der Waals surface area contributed by atoms with Gasteiger partial charge in [-0.15, -0.1) is 0 Å². The van der Waals surface area contributed by atoms with E-state index in [-0.39, 0.29) is 11.5 Å². The second kappa shape index (κ2) is 4.85. The Bertz CT molecular complexity index is 390. The van der Waals surface area contributed by atoms with Crippen molar-refractivity contribution in [3.05, 3.63) is 23.8 Å². The van der Waals surface area contributed by atoms with E-state index in [2.05, 4.69) is 15.3 Å². The molecule has 6 heteroatoms. The van der Waals surface area contributed by atoms with Gasteiger partial charge in [-0.2, -0.15) is 5.10 Å². The van der Waals surface area contributed by atoms with Gasteiger partial charge < -0.3 is 14.9 Å². The number of ether oxygens (including phenoxy) is 1. The zero-order chi connectivity index (χ0) is 11.3. The van der Waals surface area contributed by atoms with Gasteiger partial charge in [0.1, 0.15) is 0 Å². The third kappa shape index (κ3) is 3.18. The van der Waals surface area contributed by atoms with Crippen LogP contribution in [0.15, 0.2) is 23.3 Å². The van der Waals surface area contributed by atoms with E-state index in [1.54, 1.807) is 0 Å². The van der Waals surface area contributed by atoms with Crippen molar-refractivity contribution in [1.29, 1.82) is 0 Å². The Balaban J connectivity index is 2.65. The number of benzene rings is 1. The molecular weight excluding hydrogens is 200 g/mol. The van der Waals surface area contributed by atoms with E-state index >= 15 is 0 Å². The van der Waals surface area contributed by atoms with Crippen LogP contribution in [0.4, 0.5) is 4.79 Å². The lowest BCUT2D eigenvalue weighted by molar-refractivity contribution is 0.171. The molecule has 0 aliphatic heterocycles. The highest BCUT2D eigenvalue weighted by atomic mass is 16.5. The fourth-order valence-corrected chi connectivity index (χ4v) is 0.826. The van der Waals surface area contributed by atoms with Gasteiger partial charge in [-0.25, -0.2) is 10.2 Å². The SMILES string of the molecule is COC(=O)NN=Cc1ccc(O)c(O)c1. The zero-order valence-corrected chi connectivity index (χ0v) is 7.97. The van der Waals surface area contributed by atoms with Crippen LogP contribution in [0.1, 0.15) is 5.56 Å². The van der Waals surface area contributed by atoms with Crippen molar-refractivity contribution in [2.75, 3.05) is 7.11 Å². The van der Waals surface area contributed by atoms with Crippen LogP contribution in [0.25, 0.3) is 0 Å². The molecule has 1 aromatic rings. The molecule has 0 unspecified atom stereocenters. The summed E-state index contributed by atoms with van der Waals surface area (Å²) in [7, 11) is 1.22. The van der Waals surface area contributed by atoms with Crippen LogP contribution in [0.3, 0.4) is 0 Å². The summed E-state index contributed by atoms with van der Waals surface area (Å²) in [6.45, 7) is 0. The first kappa shape index (κ1) is 10.8. The molecular formula is C9H10N2O4. The molecule has 80 valence electrons. The summed E-state index contributed by atoms with van der Waals surface area (Å²) in [5.41, 5.74) is 2.61. The van der Waals surface area contributed by atoms with Crippen LogP contribution >= 0.6 is 0 Å². The Hall–Kier alpha value is -2.24. The number of hydrogen-bond donors (Lipinski definition) is 3. The van der Waals surface area contributed by atoms with E-state index in [9.17, 15) is 4.79 Å². The maximum Gasteiger partial charge on any atom is 0.427 e. The van der Waals surface area contributed by atoms with Gasteiger partial charge in [-0.3, -0.25) is 0 Å². The smallest absolute Gasteiger partial charge is 0.427 e. The summed E-state index contributed by atoms with van der Waals surface area (Å²) < 4.78 is 4.28. The molecule has 0 saturated carbocycles. The normalized spacial score (nSPS) is 10.2. The van der Waals surface area contributed by atoms with Gasteiger partial charge in [-0.1, -0.05) is 0 Å². The second-order valence-electron chi connectivity index (χ2n) is 2.61. The minimum absolute atomic E-state index is 0.215. The van der Waals surface area contributed by atoms with Crippen LogP contribution in [0.2, 0.25) is 0 Å². The molecule has 0 radical (unpaired) electrons. The third-order valence-corrected chi connectivity index (χ3v) is 1.55. The predicted octanol–water partition coefficient (Wildman–Crippen LogP) is 0.788. The Morgan fingerprint density at radius 3 is 2.80 bits per heavy atom. The van der Waals surface area contributed by atoms with Gasteiger partial charge >= 0.3 is 6.09 Å².